The molecule has 1 atom stereocenters. The third-order valence-corrected chi connectivity index (χ3v) is 2.98. The van der Waals surface area contributed by atoms with Gasteiger partial charge in [0.25, 0.3) is 5.91 Å². The van der Waals surface area contributed by atoms with Crippen LogP contribution in [0.1, 0.15) is 17.3 Å². The van der Waals surface area contributed by atoms with Crippen LogP contribution in [0.4, 0.5) is 5.69 Å². The van der Waals surface area contributed by atoms with Crippen LogP contribution in [-0.2, 0) is 0 Å². The number of benzene rings is 2. The number of hydrogen-bond donors (Lipinski definition) is 1. The summed E-state index contributed by atoms with van der Waals surface area (Å²) in [5.74, 6) is -0.103. The van der Waals surface area contributed by atoms with Gasteiger partial charge in [-0.15, -0.1) is 0 Å². The summed E-state index contributed by atoms with van der Waals surface area (Å²) >= 11 is 0. The Labute approximate surface area is 113 Å². The van der Waals surface area contributed by atoms with E-state index >= 15 is 0 Å². The second-order valence-corrected chi connectivity index (χ2v) is 4.41. The number of aliphatic hydroxyl groups is 1. The van der Waals surface area contributed by atoms with E-state index < -0.39 is 0 Å². The number of rotatable bonds is 4. The van der Waals surface area contributed by atoms with E-state index in [1.54, 1.807) is 17.0 Å². The molecule has 0 fully saturated rings. The van der Waals surface area contributed by atoms with Crippen LogP contribution in [0, 0.1) is 0 Å². The highest BCUT2D eigenvalue weighted by atomic mass is 16.3. The van der Waals surface area contributed by atoms with Crippen LogP contribution < -0.4 is 4.90 Å². The lowest BCUT2D eigenvalue weighted by Gasteiger charge is -2.28. The fourth-order valence-corrected chi connectivity index (χ4v) is 1.96. The lowest BCUT2D eigenvalue weighted by Crippen LogP contribution is -2.40. The Morgan fingerprint density at radius 1 is 1.05 bits per heavy atom. The zero-order valence-corrected chi connectivity index (χ0v) is 10.9. The van der Waals surface area contributed by atoms with E-state index in [1.807, 2.05) is 55.5 Å². The minimum absolute atomic E-state index is 0.0759. The molecular weight excluding hydrogens is 238 g/mol. The Kier molecular flexibility index (Phi) is 4.31. The molecule has 0 aliphatic carbocycles. The number of hydrogen-bond acceptors (Lipinski definition) is 2. The topological polar surface area (TPSA) is 40.5 Å². The molecule has 3 heteroatoms. The lowest BCUT2D eigenvalue weighted by atomic mass is 10.1. The number of para-hydroxylation sites is 1. The zero-order valence-electron chi connectivity index (χ0n) is 10.9. The Hall–Kier alpha value is -2.13. The number of amides is 1. The number of anilines is 1. The van der Waals surface area contributed by atoms with Crippen molar-refractivity contribution in [1.82, 2.24) is 0 Å². The molecule has 0 spiro atoms. The molecule has 0 saturated heterocycles. The quantitative estimate of drug-likeness (QED) is 0.912. The minimum Gasteiger partial charge on any atom is -0.394 e. The van der Waals surface area contributed by atoms with Gasteiger partial charge in [0.15, 0.2) is 0 Å². The third-order valence-electron chi connectivity index (χ3n) is 2.98. The Bertz CT molecular complexity index is 525. The number of nitrogens with zero attached hydrogens (tertiary/aromatic N) is 1. The second kappa shape index (κ2) is 6.16. The predicted octanol–water partition coefficient (Wildman–Crippen LogP) is 2.71. The number of aliphatic hydroxyl groups excluding tert-OH is 1. The summed E-state index contributed by atoms with van der Waals surface area (Å²) in [4.78, 5) is 14.2. The van der Waals surface area contributed by atoms with Gasteiger partial charge in [0.1, 0.15) is 0 Å². The summed E-state index contributed by atoms with van der Waals surface area (Å²) in [5, 5.41) is 9.37. The van der Waals surface area contributed by atoms with Gasteiger partial charge in [-0.2, -0.15) is 0 Å². The van der Waals surface area contributed by atoms with Crippen molar-refractivity contribution in [3.63, 3.8) is 0 Å². The Morgan fingerprint density at radius 2 is 1.58 bits per heavy atom. The highest BCUT2D eigenvalue weighted by molar-refractivity contribution is 6.06. The lowest BCUT2D eigenvalue weighted by molar-refractivity contribution is 0.0967. The fourth-order valence-electron chi connectivity index (χ4n) is 1.96. The Morgan fingerprint density at radius 3 is 2.11 bits per heavy atom. The molecule has 2 aromatic carbocycles. The molecule has 2 rings (SSSR count). The van der Waals surface area contributed by atoms with Crippen molar-refractivity contribution < 1.29 is 9.90 Å². The van der Waals surface area contributed by atoms with Gasteiger partial charge in [0.05, 0.1) is 12.6 Å². The minimum atomic E-state index is -0.268. The summed E-state index contributed by atoms with van der Waals surface area (Å²) in [6.07, 6.45) is 0. The molecule has 1 unspecified atom stereocenters. The molecule has 0 aliphatic rings. The molecule has 0 heterocycles. The molecule has 0 aromatic heterocycles. The van der Waals surface area contributed by atoms with Crippen molar-refractivity contribution in [3.05, 3.63) is 66.2 Å². The molecule has 98 valence electrons. The van der Waals surface area contributed by atoms with E-state index in [9.17, 15) is 9.90 Å². The van der Waals surface area contributed by atoms with Gasteiger partial charge in [-0.05, 0) is 31.2 Å². The molecule has 0 aliphatic heterocycles. The van der Waals surface area contributed by atoms with Gasteiger partial charge in [0, 0.05) is 11.3 Å². The average Bonchev–Trinajstić information content (AvgIpc) is 2.49. The predicted molar refractivity (Wildman–Crippen MR) is 76.2 cm³/mol. The van der Waals surface area contributed by atoms with Gasteiger partial charge in [-0.3, -0.25) is 4.79 Å². The molecule has 19 heavy (non-hydrogen) atoms. The standard InChI is InChI=1S/C16H17NO2/c1-13(12-18)17(15-10-6-3-7-11-15)16(19)14-8-4-2-5-9-14/h2-11,13,18H,12H2,1H3. The number of carbonyl (C=O) groups excluding carboxylic acids is 1. The third kappa shape index (κ3) is 3.01. The molecule has 3 nitrogen and oxygen atoms in total. The first-order valence-electron chi connectivity index (χ1n) is 6.28. The molecular formula is C16H17NO2. The highest BCUT2D eigenvalue weighted by Gasteiger charge is 2.22. The van der Waals surface area contributed by atoms with Crippen molar-refractivity contribution in [1.29, 1.82) is 0 Å². The molecule has 2 aromatic rings. The van der Waals surface area contributed by atoms with Gasteiger partial charge in [-0.25, -0.2) is 0 Å². The van der Waals surface area contributed by atoms with Gasteiger partial charge >= 0.3 is 0 Å². The van der Waals surface area contributed by atoms with Crippen molar-refractivity contribution in [3.8, 4) is 0 Å². The van der Waals surface area contributed by atoms with Crippen molar-refractivity contribution in [2.45, 2.75) is 13.0 Å². The average molecular weight is 255 g/mol. The van der Waals surface area contributed by atoms with Crippen LogP contribution in [0.2, 0.25) is 0 Å². The number of carbonyl (C=O) groups is 1. The summed E-state index contributed by atoms with van der Waals surface area (Å²) < 4.78 is 0. The molecule has 1 amide bonds. The van der Waals surface area contributed by atoms with Crippen molar-refractivity contribution in [2.75, 3.05) is 11.5 Å². The summed E-state index contributed by atoms with van der Waals surface area (Å²) in [6.45, 7) is 1.75. The molecule has 1 N–H and O–H groups in total. The summed E-state index contributed by atoms with van der Waals surface area (Å²) in [7, 11) is 0. The van der Waals surface area contributed by atoms with E-state index in [0.717, 1.165) is 5.69 Å². The Balaban J connectivity index is 2.37. The van der Waals surface area contributed by atoms with Crippen LogP contribution >= 0.6 is 0 Å². The maximum absolute atomic E-state index is 12.6. The van der Waals surface area contributed by atoms with Gasteiger partial charge < -0.3 is 10.0 Å². The van der Waals surface area contributed by atoms with E-state index in [1.165, 1.54) is 0 Å². The summed E-state index contributed by atoms with van der Waals surface area (Å²) in [6, 6.07) is 18.2. The highest BCUT2D eigenvalue weighted by Crippen LogP contribution is 2.19. The van der Waals surface area contributed by atoms with Crippen molar-refractivity contribution in [2.24, 2.45) is 0 Å². The molecule has 0 radical (unpaired) electrons. The largest absolute Gasteiger partial charge is 0.394 e. The first-order chi connectivity index (χ1) is 9.24. The van der Waals surface area contributed by atoms with E-state index in [2.05, 4.69) is 0 Å². The van der Waals surface area contributed by atoms with E-state index in [-0.39, 0.29) is 18.6 Å². The fraction of sp³-hybridized carbons (Fsp3) is 0.188. The van der Waals surface area contributed by atoms with Gasteiger partial charge in [0.2, 0.25) is 0 Å². The first-order valence-corrected chi connectivity index (χ1v) is 6.28. The zero-order chi connectivity index (χ0) is 13.7. The monoisotopic (exact) mass is 255 g/mol. The van der Waals surface area contributed by atoms with Crippen molar-refractivity contribution >= 4 is 11.6 Å². The molecule has 0 bridgehead atoms. The van der Waals surface area contributed by atoms with Crippen LogP contribution in [0.25, 0.3) is 0 Å². The SMILES string of the molecule is CC(CO)N(C(=O)c1ccccc1)c1ccccc1. The smallest absolute Gasteiger partial charge is 0.258 e. The normalized spacial score (nSPS) is 11.9. The summed E-state index contributed by atoms with van der Waals surface area (Å²) in [5.41, 5.74) is 1.41. The van der Waals surface area contributed by atoms with Crippen LogP contribution in [0.15, 0.2) is 60.7 Å². The first kappa shape index (κ1) is 13.3. The maximum atomic E-state index is 12.6. The maximum Gasteiger partial charge on any atom is 0.258 e. The van der Waals surface area contributed by atoms with Crippen LogP contribution in [0.5, 0.6) is 0 Å². The van der Waals surface area contributed by atoms with Gasteiger partial charge in [-0.1, -0.05) is 36.4 Å². The second-order valence-electron chi connectivity index (χ2n) is 4.41. The van der Waals surface area contributed by atoms with E-state index in [4.69, 9.17) is 0 Å². The van der Waals surface area contributed by atoms with E-state index in [0.29, 0.717) is 5.56 Å². The van der Waals surface area contributed by atoms with Crippen LogP contribution in [0.3, 0.4) is 0 Å². The molecule has 0 saturated carbocycles. The van der Waals surface area contributed by atoms with Crippen LogP contribution in [-0.4, -0.2) is 23.7 Å².